The van der Waals surface area contributed by atoms with E-state index in [2.05, 4.69) is 39.9 Å². The molecule has 0 radical (unpaired) electrons. The Balaban J connectivity index is 1.44. The van der Waals surface area contributed by atoms with Gasteiger partial charge in [-0.25, -0.2) is 4.39 Å². The summed E-state index contributed by atoms with van der Waals surface area (Å²) >= 11 is 0. The van der Waals surface area contributed by atoms with E-state index in [1.807, 2.05) is 11.8 Å². The lowest BCUT2D eigenvalue weighted by molar-refractivity contribution is -0.128. The molecule has 2 aromatic rings. The molecule has 2 aromatic carbocycles. The first kappa shape index (κ1) is 22.6. The molecule has 1 aliphatic heterocycles. The molecule has 1 heterocycles. The molecule has 1 amide bonds. The molecule has 0 aromatic heterocycles. The smallest absolute Gasteiger partial charge is 0.222 e. The van der Waals surface area contributed by atoms with Crippen molar-refractivity contribution >= 4 is 11.9 Å². The maximum absolute atomic E-state index is 13.4. The average molecular weight is 427 g/mol. The molecule has 1 unspecified atom stereocenters. The minimum absolute atomic E-state index is 0.104. The van der Waals surface area contributed by atoms with Crippen molar-refractivity contribution in [3.8, 4) is 5.75 Å². The van der Waals surface area contributed by atoms with Gasteiger partial charge in [-0.3, -0.25) is 9.79 Å². The number of carbonyl (C=O) groups is 1. The number of carbonyl (C=O) groups excluding carboxylic acids is 1. The van der Waals surface area contributed by atoms with E-state index in [0.29, 0.717) is 37.8 Å². The van der Waals surface area contributed by atoms with Crippen LogP contribution in [0, 0.1) is 5.82 Å². The zero-order chi connectivity index (χ0) is 22.1. The third-order valence-electron chi connectivity index (χ3n) is 5.30. The van der Waals surface area contributed by atoms with Gasteiger partial charge in [0.05, 0.1) is 6.54 Å². The Morgan fingerprint density at radius 1 is 1.19 bits per heavy atom. The van der Waals surface area contributed by atoms with E-state index in [9.17, 15) is 9.18 Å². The molecule has 7 heteroatoms. The predicted octanol–water partition coefficient (Wildman–Crippen LogP) is 3.47. The van der Waals surface area contributed by atoms with E-state index >= 15 is 0 Å². The number of amides is 1. The monoisotopic (exact) mass is 426 g/mol. The summed E-state index contributed by atoms with van der Waals surface area (Å²) in [7, 11) is 1.72. The first-order valence-corrected chi connectivity index (χ1v) is 10.8. The lowest BCUT2D eigenvalue weighted by Gasteiger charge is -2.20. The van der Waals surface area contributed by atoms with Gasteiger partial charge in [0.1, 0.15) is 17.7 Å². The van der Waals surface area contributed by atoms with Crippen LogP contribution < -0.4 is 15.4 Å². The maximum atomic E-state index is 13.4. The van der Waals surface area contributed by atoms with Crippen LogP contribution in [0.3, 0.4) is 0 Å². The van der Waals surface area contributed by atoms with Crippen molar-refractivity contribution in [2.45, 2.75) is 45.4 Å². The number of rotatable bonds is 9. The molecule has 1 fully saturated rings. The van der Waals surface area contributed by atoms with Crippen LogP contribution in [-0.2, 0) is 17.9 Å². The Labute approximate surface area is 183 Å². The van der Waals surface area contributed by atoms with E-state index < -0.39 is 0 Å². The highest BCUT2D eigenvalue weighted by molar-refractivity contribution is 5.79. The zero-order valence-corrected chi connectivity index (χ0v) is 18.2. The fourth-order valence-electron chi connectivity index (χ4n) is 3.47. The maximum Gasteiger partial charge on any atom is 0.222 e. The van der Waals surface area contributed by atoms with E-state index in [1.165, 1.54) is 12.1 Å². The molecular formula is C24H31FN4O2. The first-order chi connectivity index (χ1) is 15.1. The van der Waals surface area contributed by atoms with Gasteiger partial charge in [0.25, 0.3) is 0 Å². The largest absolute Gasteiger partial charge is 0.489 e. The first-order valence-electron chi connectivity index (χ1n) is 10.8. The number of halogens is 1. The van der Waals surface area contributed by atoms with Crippen molar-refractivity contribution in [3.05, 3.63) is 65.5 Å². The fourth-order valence-corrected chi connectivity index (χ4v) is 3.47. The molecule has 1 saturated heterocycles. The van der Waals surface area contributed by atoms with Gasteiger partial charge in [0, 0.05) is 39.2 Å². The summed E-state index contributed by atoms with van der Waals surface area (Å²) in [6.07, 6.45) is 2.30. The molecule has 0 spiro atoms. The van der Waals surface area contributed by atoms with Gasteiger partial charge in [-0.2, -0.15) is 0 Å². The molecule has 166 valence electrons. The second-order valence-electron chi connectivity index (χ2n) is 7.65. The highest BCUT2D eigenvalue weighted by Crippen LogP contribution is 2.16. The van der Waals surface area contributed by atoms with Crippen LogP contribution in [0.1, 0.15) is 37.3 Å². The van der Waals surface area contributed by atoms with Crippen molar-refractivity contribution in [2.24, 2.45) is 4.99 Å². The number of aliphatic imine (C=N–C) groups is 1. The van der Waals surface area contributed by atoms with Crippen LogP contribution in [0.25, 0.3) is 0 Å². The van der Waals surface area contributed by atoms with Gasteiger partial charge in [-0.15, -0.1) is 0 Å². The summed E-state index contributed by atoms with van der Waals surface area (Å²) in [6.45, 7) is 4.74. The van der Waals surface area contributed by atoms with Gasteiger partial charge in [0.2, 0.25) is 5.91 Å². The molecule has 0 saturated carbocycles. The third kappa shape index (κ3) is 6.98. The minimum Gasteiger partial charge on any atom is -0.489 e. The summed E-state index contributed by atoms with van der Waals surface area (Å²) in [5.74, 6) is 1.13. The third-order valence-corrected chi connectivity index (χ3v) is 5.30. The standard InChI is InChI=1S/C24H31FN4O2/c1-3-21(31-22-7-4-6-20(25)14-22)16-28-24(26-2)27-15-18-9-11-19(12-10-18)17-29-13-5-8-23(29)30/h4,6-7,9-12,14,21H,3,5,8,13,15-17H2,1-2H3,(H2,26,27,28). The molecular weight excluding hydrogens is 395 g/mol. The van der Waals surface area contributed by atoms with Crippen LogP contribution in [0.2, 0.25) is 0 Å². The quantitative estimate of drug-likeness (QED) is 0.476. The molecule has 31 heavy (non-hydrogen) atoms. The number of likely N-dealkylation sites (tertiary alicyclic amines) is 1. The van der Waals surface area contributed by atoms with Crippen LogP contribution in [-0.4, -0.2) is 43.0 Å². The Hall–Kier alpha value is -3.09. The number of guanidine groups is 1. The summed E-state index contributed by atoms with van der Waals surface area (Å²) in [5.41, 5.74) is 2.27. The number of hydrogen-bond acceptors (Lipinski definition) is 3. The average Bonchev–Trinajstić information content (AvgIpc) is 3.18. The van der Waals surface area contributed by atoms with E-state index in [0.717, 1.165) is 30.5 Å². The topological polar surface area (TPSA) is 66.0 Å². The minimum atomic E-state index is -0.309. The van der Waals surface area contributed by atoms with Gasteiger partial charge < -0.3 is 20.3 Å². The lowest BCUT2D eigenvalue weighted by atomic mass is 10.1. The summed E-state index contributed by atoms with van der Waals surface area (Å²) < 4.78 is 19.2. The van der Waals surface area contributed by atoms with Gasteiger partial charge in [-0.1, -0.05) is 37.3 Å². The Morgan fingerprint density at radius 2 is 1.97 bits per heavy atom. The molecule has 1 aliphatic rings. The van der Waals surface area contributed by atoms with Crippen LogP contribution in [0.4, 0.5) is 4.39 Å². The Kier molecular flexibility index (Phi) is 8.27. The van der Waals surface area contributed by atoms with E-state index in [4.69, 9.17) is 4.74 Å². The highest BCUT2D eigenvalue weighted by atomic mass is 19.1. The summed E-state index contributed by atoms with van der Waals surface area (Å²) in [5, 5.41) is 6.56. The second kappa shape index (κ2) is 11.3. The van der Waals surface area contributed by atoms with Gasteiger partial charge >= 0.3 is 0 Å². The van der Waals surface area contributed by atoms with E-state index in [-0.39, 0.29) is 17.8 Å². The van der Waals surface area contributed by atoms with Crippen molar-refractivity contribution in [3.63, 3.8) is 0 Å². The van der Waals surface area contributed by atoms with Crippen LogP contribution >= 0.6 is 0 Å². The molecule has 1 atom stereocenters. The number of hydrogen-bond donors (Lipinski definition) is 2. The molecule has 6 nitrogen and oxygen atoms in total. The van der Waals surface area contributed by atoms with Crippen LogP contribution in [0.15, 0.2) is 53.5 Å². The fraction of sp³-hybridized carbons (Fsp3) is 0.417. The van der Waals surface area contributed by atoms with Crippen molar-refractivity contribution < 1.29 is 13.9 Å². The molecule has 3 rings (SSSR count). The molecule has 0 bridgehead atoms. The highest BCUT2D eigenvalue weighted by Gasteiger charge is 2.19. The van der Waals surface area contributed by atoms with Gasteiger partial charge in [-0.05, 0) is 36.1 Å². The van der Waals surface area contributed by atoms with Gasteiger partial charge in [0.15, 0.2) is 5.96 Å². The van der Waals surface area contributed by atoms with Crippen molar-refractivity contribution in [1.82, 2.24) is 15.5 Å². The number of benzene rings is 2. The Bertz CT molecular complexity index is 885. The molecule has 0 aliphatic carbocycles. The van der Waals surface area contributed by atoms with Crippen molar-refractivity contribution in [1.29, 1.82) is 0 Å². The predicted molar refractivity (Wildman–Crippen MR) is 120 cm³/mol. The lowest BCUT2D eigenvalue weighted by Crippen LogP contribution is -2.42. The molecule has 2 N–H and O–H groups in total. The second-order valence-corrected chi connectivity index (χ2v) is 7.65. The number of ether oxygens (including phenoxy) is 1. The van der Waals surface area contributed by atoms with E-state index in [1.54, 1.807) is 19.2 Å². The summed E-state index contributed by atoms with van der Waals surface area (Å²) in [6, 6.07) is 14.4. The zero-order valence-electron chi connectivity index (χ0n) is 18.2. The number of nitrogens with one attached hydrogen (secondary N) is 2. The van der Waals surface area contributed by atoms with Crippen LogP contribution in [0.5, 0.6) is 5.75 Å². The van der Waals surface area contributed by atoms with Crippen molar-refractivity contribution in [2.75, 3.05) is 20.1 Å². The number of nitrogens with zero attached hydrogens (tertiary/aromatic N) is 2. The normalized spacial score (nSPS) is 15.1. The summed E-state index contributed by atoms with van der Waals surface area (Å²) in [4.78, 5) is 17.9. The SMILES string of the molecule is CCC(CNC(=NC)NCc1ccc(CN2CCCC2=O)cc1)Oc1cccc(F)c1. The Morgan fingerprint density at radius 3 is 2.61 bits per heavy atom.